The molecule has 0 saturated carbocycles. The summed E-state index contributed by atoms with van der Waals surface area (Å²) in [6, 6.07) is 4.83. The molecule has 0 aliphatic carbocycles. The quantitative estimate of drug-likeness (QED) is 0.873. The molecule has 0 bridgehead atoms. The smallest absolute Gasteiger partial charge is 0.243 e. The molecule has 2 atom stereocenters. The number of nitrogens with two attached hydrogens (primary N) is 1. The minimum absolute atomic E-state index is 0.00519. The van der Waals surface area contributed by atoms with Crippen LogP contribution >= 0.6 is 15.9 Å². The normalized spacial score (nSPS) is 22.0. The van der Waals surface area contributed by atoms with Crippen LogP contribution in [0, 0.1) is 5.92 Å². The molecule has 1 fully saturated rings. The number of sulfonamides is 1. The molecule has 5 nitrogen and oxygen atoms in total. The highest BCUT2D eigenvalue weighted by Gasteiger charge is 2.31. The van der Waals surface area contributed by atoms with Crippen molar-refractivity contribution >= 4 is 26.0 Å². The summed E-state index contributed by atoms with van der Waals surface area (Å²) < 4.78 is 32.8. The number of halogens is 1. The Morgan fingerprint density at radius 2 is 2.19 bits per heavy atom. The van der Waals surface area contributed by atoms with E-state index in [1.165, 1.54) is 0 Å². The molecule has 1 aromatic carbocycles. The standard InChI is InChI=1S/C14H21BrN2O3S/c1-10(16)11-4-3-7-17(9-11)21(18,19)12-5-6-14(20-2)13(15)8-12/h5-6,8,10-11H,3-4,7,9,16H2,1-2H3/t10-,11-/m1/s1. The van der Waals surface area contributed by atoms with Crippen LogP contribution in [-0.4, -0.2) is 39.0 Å². The molecule has 1 aromatic rings. The van der Waals surface area contributed by atoms with Crippen molar-refractivity contribution in [3.63, 3.8) is 0 Å². The van der Waals surface area contributed by atoms with Gasteiger partial charge in [-0.2, -0.15) is 4.31 Å². The highest BCUT2D eigenvalue weighted by atomic mass is 79.9. The van der Waals surface area contributed by atoms with Gasteiger partial charge in [0.15, 0.2) is 0 Å². The maximum absolute atomic E-state index is 12.7. The van der Waals surface area contributed by atoms with E-state index in [4.69, 9.17) is 10.5 Å². The van der Waals surface area contributed by atoms with Gasteiger partial charge in [-0.05, 0) is 59.8 Å². The van der Waals surface area contributed by atoms with Gasteiger partial charge in [0, 0.05) is 19.1 Å². The zero-order valence-electron chi connectivity index (χ0n) is 12.3. The second-order valence-corrected chi connectivity index (χ2v) is 8.21. The molecule has 7 heteroatoms. The van der Waals surface area contributed by atoms with E-state index in [0.717, 1.165) is 12.8 Å². The first-order valence-electron chi connectivity index (χ1n) is 6.95. The Balaban J connectivity index is 2.27. The summed E-state index contributed by atoms with van der Waals surface area (Å²) in [4.78, 5) is 0.278. The number of hydrogen-bond acceptors (Lipinski definition) is 4. The van der Waals surface area contributed by atoms with Crippen molar-refractivity contribution < 1.29 is 13.2 Å². The molecule has 1 aliphatic heterocycles. The van der Waals surface area contributed by atoms with Gasteiger partial charge in [-0.25, -0.2) is 8.42 Å². The lowest BCUT2D eigenvalue weighted by molar-refractivity contribution is 0.243. The number of nitrogens with zero attached hydrogens (tertiary/aromatic N) is 1. The van der Waals surface area contributed by atoms with Crippen molar-refractivity contribution in [2.45, 2.75) is 30.7 Å². The predicted molar refractivity (Wildman–Crippen MR) is 85.8 cm³/mol. The lowest BCUT2D eigenvalue weighted by Gasteiger charge is -2.33. The average Bonchev–Trinajstić information content (AvgIpc) is 2.47. The van der Waals surface area contributed by atoms with Gasteiger partial charge in [-0.3, -0.25) is 0 Å². The molecular weight excluding hydrogens is 356 g/mol. The molecule has 21 heavy (non-hydrogen) atoms. The molecule has 0 aromatic heterocycles. The van der Waals surface area contributed by atoms with Gasteiger partial charge in [0.25, 0.3) is 0 Å². The van der Waals surface area contributed by atoms with Gasteiger partial charge in [0.2, 0.25) is 10.0 Å². The van der Waals surface area contributed by atoms with Gasteiger partial charge in [-0.15, -0.1) is 0 Å². The van der Waals surface area contributed by atoms with Crippen molar-refractivity contribution in [1.82, 2.24) is 4.31 Å². The van der Waals surface area contributed by atoms with E-state index in [2.05, 4.69) is 15.9 Å². The summed E-state index contributed by atoms with van der Waals surface area (Å²) in [6.07, 6.45) is 1.83. The number of ether oxygens (including phenoxy) is 1. The molecule has 2 N–H and O–H groups in total. The molecule has 1 heterocycles. The summed E-state index contributed by atoms with van der Waals surface area (Å²) in [7, 11) is -1.94. The Kier molecular flexibility index (Phi) is 5.29. The number of benzene rings is 1. The molecule has 0 amide bonds. The van der Waals surface area contributed by atoms with E-state index < -0.39 is 10.0 Å². The van der Waals surface area contributed by atoms with Crippen LogP contribution in [0.2, 0.25) is 0 Å². The zero-order chi connectivity index (χ0) is 15.6. The largest absolute Gasteiger partial charge is 0.496 e. The first kappa shape index (κ1) is 16.7. The fourth-order valence-corrected chi connectivity index (χ4v) is 4.83. The van der Waals surface area contributed by atoms with Crippen molar-refractivity contribution in [2.24, 2.45) is 11.7 Å². The fourth-order valence-electron chi connectivity index (χ4n) is 2.58. The molecule has 1 aliphatic rings. The van der Waals surface area contributed by atoms with Gasteiger partial charge in [0.1, 0.15) is 5.75 Å². The lowest BCUT2D eigenvalue weighted by atomic mass is 9.93. The molecule has 0 spiro atoms. The van der Waals surface area contributed by atoms with Crippen LogP contribution in [0.1, 0.15) is 19.8 Å². The zero-order valence-corrected chi connectivity index (χ0v) is 14.7. The third kappa shape index (κ3) is 3.59. The van der Waals surface area contributed by atoms with Crippen molar-refractivity contribution in [3.8, 4) is 5.75 Å². The van der Waals surface area contributed by atoms with Crippen LogP contribution in [0.3, 0.4) is 0 Å². The predicted octanol–water partition coefficient (Wildman–Crippen LogP) is 2.21. The second-order valence-electron chi connectivity index (χ2n) is 5.42. The first-order valence-corrected chi connectivity index (χ1v) is 9.19. The van der Waals surface area contributed by atoms with Gasteiger partial charge in [0.05, 0.1) is 16.5 Å². The minimum atomic E-state index is -3.48. The Hall–Kier alpha value is -0.630. The van der Waals surface area contributed by atoms with Gasteiger partial charge < -0.3 is 10.5 Å². The monoisotopic (exact) mass is 376 g/mol. The minimum Gasteiger partial charge on any atom is -0.496 e. The third-order valence-electron chi connectivity index (χ3n) is 3.93. The molecule has 2 rings (SSSR count). The first-order chi connectivity index (χ1) is 9.86. The highest BCUT2D eigenvalue weighted by Crippen LogP contribution is 2.30. The summed E-state index contributed by atoms with van der Waals surface area (Å²) in [6.45, 7) is 2.98. The van der Waals surface area contributed by atoms with Gasteiger partial charge >= 0.3 is 0 Å². The molecule has 118 valence electrons. The maximum atomic E-state index is 12.7. The highest BCUT2D eigenvalue weighted by molar-refractivity contribution is 9.10. The van der Waals surface area contributed by atoms with E-state index in [0.29, 0.717) is 23.3 Å². The van der Waals surface area contributed by atoms with Crippen LogP contribution in [0.5, 0.6) is 5.75 Å². The van der Waals surface area contributed by atoms with Crippen LogP contribution in [0.15, 0.2) is 27.6 Å². The molecule has 0 radical (unpaired) electrons. The maximum Gasteiger partial charge on any atom is 0.243 e. The molecular formula is C14H21BrN2O3S. The summed E-state index contributed by atoms with van der Waals surface area (Å²) in [5.74, 6) is 0.830. The van der Waals surface area contributed by atoms with E-state index in [-0.39, 0.29) is 16.9 Å². The average molecular weight is 377 g/mol. The Morgan fingerprint density at radius 1 is 1.48 bits per heavy atom. The topological polar surface area (TPSA) is 72.6 Å². The summed E-state index contributed by atoms with van der Waals surface area (Å²) in [5.41, 5.74) is 5.93. The second kappa shape index (κ2) is 6.64. The van der Waals surface area contributed by atoms with E-state index >= 15 is 0 Å². The number of rotatable bonds is 4. The number of methoxy groups -OCH3 is 1. The van der Waals surface area contributed by atoms with Crippen molar-refractivity contribution in [1.29, 1.82) is 0 Å². The van der Waals surface area contributed by atoms with Crippen molar-refractivity contribution in [2.75, 3.05) is 20.2 Å². The molecule has 0 unspecified atom stereocenters. The SMILES string of the molecule is COc1ccc(S(=O)(=O)N2CCC[C@@H]([C@@H](C)N)C2)cc1Br. The Bertz CT molecular complexity index is 604. The van der Waals surface area contributed by atoms with E-state index in [1.807, 2.05) is 6.92 Å². The summed E-state index contributed by atoms with van der Waals surface area (Å²) in [5, 5.41) is 0. The van der Waals surface area contributed by atoms with Crippen molar-refractivity contribution in [3.05, 3.63) is 22.7 Å². The Labute approximate surface area is 134 Å². The number of piperidine rings is 1. The van der Waals surface area contributed by atoms with E-state index in [1.54, 1.807) is 29.6 Å². The fraction of sp³-hybridized carbons (Fsp3) is 0.571. The number of hydrogen-bond donors (Lipinski definition) is 1. The van der Waals surface area contributed by atoms with Crippen LogP contribution in [0.25, 0.3) is 0 Å². The molecule has 1 saturated heterocycles. The Morgan fingerprint density at radius 3 is 2.76 bits per heavy atom. The summed E-state index contributed by atoms with van der Waals surface area (Å²) >= 11 is 3.33. The van der Waals surface area contributed by atoms with Gasteiger partial charge in [-0.1, -0.05) is 0 Å². The van der Waals surface area contributed by atoms with Crippen LogP contribution in [0.4, 0.5) is 0 Å². The van der Waals surface area contributed by atoms with Crippen LogP contribution < -0.4 is 10.5 Å². The third-order valence-corrected chi connectivity index (χ3v) is 6.41. The van der Waals surface area contributed by atoms with E-state index in [9.17, 15) is 8.42 Å². The van der Waals surface area contributed by atoms with Crippen LogP contribution in [-0.2, 0) is 10.0 Å². The lowest BCUT2D eigenvalue weighted by Crippen LogP contribution is -2.44.